The van der Waals surface area contributed by atoms with Gasteiger partial charge in [0.05, 0.1) is 0 Å². The molecule has 1 nitrogen and oxygen atoms in total. The van der Waals surface area contributed by atoms with Gasteiger partial charge >= 0.3 is 0 Å². The molecular weight excluding hydrogens is 194 g/mol. The van der Waals surface area contributed by atoms with Gasteiger partial charge in [0.2, 0.25) is 0 Å². The van der Waals surface area contributed by atoms with Gasteiger partial charge in [0, 0.05) is 6.54 Å². The average Bonchev–Trinajstić information content (AvgIpc) is 2.49. The molecule has 1 fully saturated rings. The van der Waals surface area contributed by atoms with Crippen LogP contribution in [-0.4, -0.2) is 13.1 Å². The van der Waals surface area contributed by atoms with Crippen LogP contribution in [-0.2, 0) is 12.8 Å². The van der Waals surface area contributed by atoms with Crippen LogP contribution >= 0.6 is 0 Å². The number of benzene rings is 1. The Hall–Kier alpha value is -0.820. The zero-order chi connectivity index (χ0) is 10.8. The minimum atomic E-state index is 0.574. The third kappa shape index (κ3) is 1.89. The molecule has 1 aromatic rings. The van der Waals surface area contributed by atoms with Crippen molar-refractivity contribution in [3.05, 3.63) is 35.4 Å². The molecule has 1 aromatic carbocycles. The van der Waals surface area contributed by atoms with Gasteiger partial charge < -0.3 is 5.32 Å². The summed E-state index contributed by atoms with van der Waals surface area (Å²) in [7, 11) is 0. The summed E-state index contributed by atoms with van der Waals surface area (Å²) in [5.41, 5.74) is 3.79. The highest BCUT2D eigenvalue weighted by atomic mass is 14.9. The summed E-state index contributed by atoms with van der Waals surface area (Å²) in [4.78, 5) is 0. The first-order valence-electron chi connectivity index (χ1n) is 6.66. The Morgan fingerprint density at radius 1 is 1.00 bits per heavy atom. The third-order valence-electron chi connectivity index (χ3n) is 4.40. The zero-order valence-corrected chi connectivity index (χ0v) is 9.97. The standard InChI is InChI=1S/C15H21N/c1-2-6-14-11-15(9-4-10-16-12-15)8-3-7-13(14)5-1/h1-2,5-6,16H,3-4,7-12H2. The van der Waals surface area contributed by atoms with E-state index in [1.54, 1.807) is 11.1 Å². The van der Waals surface area contributed by atoms with E-state index in [1.165, 1.54) is 51.6 Å². The molecule has 1 spiro atoms. The largest absolute Gasteiger partial charge is 0.316 e. The lowest BCUT2D eigenvalue weighted by atomic mass is 9.74. The number of rotatable bonds is 0. The van der Waals surface area contributed by atoms with E-state index in [2.05, 4.69) is 29.6 Å². The number of nitrogens with one attached hydrogen (secondary N) is 1. The monoisotopic (exact) mass is 215 g/mol. The van der Waals surface area contributed by atoms with Gasteiger partial charge in [0.25, 0.3) is 0 Å². The van der Waals surface area contributed by atoms with Crippen molar-refractivity contribution < 1.29 is 0 Å². The molecule has 1 unspecified atom stereocenters. The van der Waals surface area contributed by atoms with E-state index in [0.29, 0.717) is 5.41 Å². The number of piperidine rings is 1. The van der Waals surface area contributed by atoms with Crippen molar-refractivity contribution in [1.82, 2.24) is 5.32 Å². The maximum absolute atomic E-state index is 3.60. The Kier molecular flexibility index (Phi) is 2.72. The first-order valence-corrected chi connectivity index (χ1v) is 6.66. The van der Waals surface area contributed by atoms with Gasteiger partial charge in [-0.1, -0.05) is 24.3 Å². The first-order chi connectivity index (χ1) is 7.88. The fourth-order valence-corrected chi connectivity index (χ4v) is 3.51. The maximum Gasteiger partial charge on any atom is 0.00110 e. The van der Waals surface area contributed by atoms with Crippen LogP contribution in [0, 0.1) is 5.41 Å². The van der Waals surface area contributed by atoms with E-state index in [0.717, 1.165) is 0 Å². The Labute approximate surface area is 98.3 Å². The molecule has 1 atom stereocenters. The molecule has 1 aliphatic heterocycles. The summed E-state index contributed by atoms with van der Waals surface area (Å²) in [6.07, 6.45) is 8.16. The van der Waals surface area contributed by atoms with Crippen LogP contribution in [0.5, 0.6) is 0 Å². The van der Waals surface area contributed by atoms with Crippen LogP contribution in [0.25, 0.3) is 0 Å². The van der Waals surface area contributed by atoms with Crippen LogP contribution in [0.4, 0.5) is 0 Å². The summed E-state index contributed by atoms with van der Waals surface area (Å²) in [6, 6.07) is 9.06. The highest BCUT2D eigenvalue weighted by Crippen LogP contribution is 2.39. The van der Waals surface area contributed by atoms with Gasteiger partial charge in [-0.3, -0.25) is 0 Å². The van der Waals surface area contributed by atoms with Crippen molar-refractivity contribution in [3.8, 4) is 0 Å². The van der Waals surface area contributed by atoms with Gasteiger partial charge in [0.15, 0.2) is 0 Å². The minimum Gasteiger partial charge on any atom is -0.316 e. The van der Waals surface area contributed by atoms with Crippen molar-refractivity contribution in [2.75, 3.05) is 13.1 Å². The second kappa shape index (κ2) is 4.21. The lowest BCUT2D eigenvalue weighted by molar-refractivity contribution is 0.190. The topological polar surface area (TPSA) is 12.0 Å². The molecule has 0 saturated carbocycles. The minimum absolute atomic E-state index is 0.574. The van der Waals surface area contributed by atoms with E-state index >= 15 is 0 Å². The van der Waals surface area contributed by atoms with E-state index in [4.69, 9.17) is 0 Å². The smallest absolute Gasteiger partial charge is 0.00110 e. The van der Waals surface area contributed by atoms with Gasteiger partial charge in [0.1, 0.15) is 0 Å². The second-order valence-electron chi connectivity index (χ2n) is 5.58. The fourth-order valence-electron chi connectivity index (χ4n) is 3.51. The lowest BCUT2D eigenvalue weighted by Crippen LogP contribution is -2.41. The molecule has 0 radical (unpaired) electrons. The van der Waals surface area contributed by atoms with E-state index in [-0.39, 0.29) is 0 Å². The molecule has 1 aliphatic carbocycles. The number of aryl methyl sites for hydroxylation is 1. The third-order valence-corrected chi connectivity index (χ3v) is 4.40. The molecule has 1 heterocycles. The number of hydrogen-bond acceptors (Lipinski definition) is 1. The molecular formula is C15H21N. The summed E-state index contributed by atoms with van der Waals surface area (Å²) in [5.74, 6) is 0. The van der Waals surface area contributed by atoms with Gasteiger partial charge in [-0.2, -0.15) is 0 Å². The van der Waals surface area contributed by atoms with Crippen LogP contribution < -0.4 is 5.32 Å². The van der Waals surface area contributed by atoms with Gasteiger partial charge in [-0.15, -0.1) is 0 Å². The number of hydrogen-bond donors (Lipinski definition) is 1. The van der Waals surface area contributed by atoms with Gasteiger partial charge in [-0.05, 0) is 61.6 Å². The SMILES string of the molecule is c1ccc2c(c1)CCCC1(CCCNC1)C2. The zero-order valence-electron chi connectivity index (χ0n) is 9.97. The Morgan fingerprint density at radius 3 is 2.62 bits per heavy atom. The van der Waals surface area contributed by atoms with Crippen molar-refractivity contribution in [2.24, 2.45) is 5.41 Å². The van der Waals surface area contributed by atoms with E-state index < -0.39 is 0 Å². The van der Waals surface area contributed by atoms with Gasteiger partial charge in [-0.25, -0.2) is 0 Å². The molecule has 1 N–H and O–H groups in total. The Balaban J connectivity index is 1.89. The molecule has 1 heteroatoms. The summed E-state index contributed by atoms with van der Waals surface area (Å²) in [5, 5.41) is 3.60. The molecule has 86 valence electrons. The van der Waals surface area contributed by atoms with Crippen molar-refractivity contribution in [3.63, 3.8) is 0 Å². The van der Waals surface area contributed by atoms with E-state index in [1.807, 2.05) is 0 Å². The first kappa shape index (κ1) is 10.3. The fraction of sp³-hybridized carbons (Fsp3) is 0.600. The Bertz CT molecular complexity index is 363. The molecule has 0 bridgehead atoms. The lowest BCUT2D eigenvalue weighted by Gasteiger charge is -2.37. The normalized spacial score (nSPS) is 29.8. The quantitative estimate of drug-likeness (QED) is 0.701. The highest BCUT2D eigenvalue weighted by molar-refractivity contribution is 5.29. The second-order valence-corrected chi connectivity index (χ2v) is 5.58. The number of fused-ring (bicyclic) bond motifs is 1. The predicted octanol–water partition coefficient (Wildman–Crippen LogP) is 2.94. The van der Waals surface area contributed by atoms with E-state index in [9.17, 15) is 0 Å². The molecule has 16 heavy (non-hydrogen) atoms. The van der Waals surface area contributed by atoms with Crippen molar-refractivity contribution >= 4 is 0 Å². The Morgan fingerprint density at radius 2 is 1.81 bits per heavy atom. The molecule has 1 saturated heterocycles. The highest BCUT2D eigenvalue weighted by Gasteiger charge is 2.33. The van der Waals surface area contributed by atoms with Crippen LogP contribution in [0.2, 0.25) is 0 Å². The molecule has 3 rings (SSSR count). The average molecular weight is 215 g/mol. The summed E-state index contributed by atoms with van der Waals surface area (Å²) in [6.45, 7) is 2.46. The van der Waals surface area contributed by atoms with Crippen LogP contribution in [0.3, 0.4) is 0 Å². The van der Waals surface area contributed by atoms with Crippen molar-refractivity contribution in [1.29, 1.82) is 0 Å². The van der Waals surface area contributed by atoms with Crippen LogP contribution in [0.15, 0.2) is 24.3 Å². The molecule has 0 aromatic heterocycles. The maximum atomic E-state index is 3.60. The van der Waals surface area contributed by atoms with Crippen molar-refractivity contribution in [2.45, 2.75) is 38.5 Å². The van der Waals surface area contributed by atoms with Crippen LogP contribution in [0.1, 0.15) is 36.8 Å². The summed E-state index contributed by atoms with van der Waals surface area (Å²) >= 11 is 0. The molecule has 2 aliphatic rings. The predicted molar refractivity (Wildman–Crippen MR) is 67.6 cm³/mol. The summed E-state index contributed by atoms with van der Waals surface area (Å²) < 4.78 is 0. The molecule has 0 amide bonds.